The van der Waals surface area contributed by atoms with E-state index in [-0.39, 0.29) is 16.5 Å². The molecule has 0 fully saturated rings. The highest BCUT2D eigenvalue weighted by Crippen LogP contribution is 2.30. The Morgan fingerprint density at radius 1 is 0.971 bits per heavy atom. The van der Waals surface area contributed by atoms with Crippen LogP contribution in [-0.4, -0.2) is 41.6 Å². The van der Waals surface area contributed by atoms with Gasteiger partial charge in [-0.2, -0.15) is 4.31 Å². The van der Waals surface area contributed by atoms with E-state index in [1.807, 2.05) is 54.8 Å². The summed E-state index contributed by atoms with van der Waals surface area (Å²) in [6.07, 6.45) is 2.62. The minimum absolute atomic E-state index is 0.0374. The van der Waals surface area contributed by atoms with E-state index in [0.717, 1.165) is 16.0 Å². The fourth-order valence-corrected chi connectivity index (χ4v) is 5.98. The van der Waals surface area contributed by atoms with Crippen LogP contribution in [0.2, 0.25) is 0 Å². The topological polar surface area (TPSA) is 105 Å². The predicted octanol–water partition coefficient (Wildman–Crippen LogP) is 4.46. The number of anilines is 1. The van der Waals surface area contributed by atoms with Crippen LogP contribution in [0.1, 0.15) is 21.5 Å². The summed E-state index contributed by atoms with van der Waals surface area (Å²) in [5, 5.41) is 10.5. The van der Waals surface area contributed by atoms with Crippen LogP contribution in [-0.2, 0) is 23.0 Å². The summed E-state index contributed by atoms with van der Waals surface area (Å²) in [7, 11) is -3.68. The van der Waals surface area contributed by atoms with E-state index in [4.69, 9.17) is 4.42 Å². The number of nitrogens with zero attached hydrogens (tertiary/aromatic N) is 3. The first kappa shape index (κ1) is 23.3. The minimum Gasteiger partial charge on any atom is -0.403 e. The molecule has 1 N–H and O–H groups in total. The Hall–Kier alpha value is -3.47. The summed E-state index contributed by atoms with van der Waals surface area (Å²) in [5.41, 5.74) is 3.24. The minimum atomic E-state index is -3.68. The van der Waals surface area contributed by atoms with Crippen molar-refractivity contribution >= 4 is 33.7 Å². The molecule has 178 valence electrons. The van der Waals surface area contributed by atoms with E-state index in [2.05, 4.69) is 15.5 Å². The van der Waals surface area contributed by atoms with Crippen molar-refractivity contribution < 1.29 is 17.6 Å². The van der Waals surface area contributed by atoms with Crippen LogP contribution < -0.4 is 5.32 Å². The molecule has 1 aromatic heterocycles. The van der Waals surface area contributed by atoms with Gasteiger partial charge in [-0.3, -0.25) is 10.1 Å². The molecule has 0 bridgehead atoms. The molecule has 0 spiro atoms. The number of hydrogen-bond donors (Lipinski definition) is 1. The maximum absolute atomic E-state index is 13.1. The molecule has 2 heterocycles. The lowest BCUT2D eigenvalue weighted by atomic mass is 10.0. The lowest BCUT2D eigenvalue weighted by Crippen LogP contribution is -2.35. The molecule has 35 heavy (non-hydrogen) atoms. The van der Waals surface area contributed by atoms with Gasteiger partial charge in [0.05, 0.1) is 10.5 Å². The number of sulfonamides is 1. The van der Waals surface area contributed by atoms with Gasteiger partial charge in [-0.05, 0) is 60.2 Å². The highest BCUT2D eigenvalue weighted by atomic mass is 32.2. The average Bonchev–Trinajstić information content (AvgIpc) is 3.36. The van der Waals surface area contributed by atoms with E-state index in [0.29, 0.717) is 25.4 Å². The Morgan fingerprint density at radius 3 is 2.46 bits per heavy atom. The average molecular weight is 507 g/mol. The van der Waals surface area contributed by atoms with E-state index in [1.165, 1.54) is 34.1 Å². The number of amides is 1. The van der Waals surface area contributed by atoms with Crippen molar-refractivity contribution in [2.45, 2.75) is 22.8 Å². The molecular weight excluding hydrogens is 484 g/mol. The third-order valence-corrected chi connectivity index (χ3v) is 8.49. The first-order valence-electron chi connectivity index (χ1n) is 10.9. The van der Waals surface area contributed by atoms with Crippen molar-refractivity contribution in [2.24, 2.45) is 0 Å². The number of hydrogen-bond acceptors (Lipinski definition) is 7. The zero-order valence-corrected chi connectivity index (χ0v) is 20.5. The number of benzene rings is 3. The maximum Gasteiger partial charge on any atom is 0.322 e. The van der Waals surface area contributed by atoms with Crippen molar-refractivity contribution in [3.05, 3.63) is 89.5 Å². The van der Waals surface area contributed by atoms with Gasteiger partial charge in [0.1, 0.15) is 0 Å². The lowest BCUT2D eigenvalue weighted by Gasteiger charge is -2.28. The van der Waals surface area contributed by atoms with Gasteiger partial charge in [-0.15, -0.1) is 16.9 Å². The van der Waals surface area contributed by atoms with Crippen molar-refractivity contribution in [3.63, 3.8) is 0 Å². The number of aromatic nitrogens is 2. The summed E-state index contributed by atoms with van der Waals surface area (Å²) in [6, 6.07) is 21.3. The number of nitrogens with one attached hydrogen (secondary N) is 1. The van der Waals surface area contributed by atoms with Crippen LogP contribution in [0.4, 0.5) is 6.01 Å². The zero-order valence-electron chi connectivity index (χ0n) is 18.8. The van der Waals surface area contributed by atoms with Gasteiger partial charge in [0, 0.05) is 23.5 Å². The summed E-state index contributed by atoms with van der Waals surface area (Å²) >= 11 is 1.55. The van der Waals surface area contributed by atoms with Gasteiger partial charge >= 0.3 is 6.01 Å². The summed E-state index contributed by atoms with van der Waals surface area (Å²) in [6.45, 7) is 0.751. The summed E-state index contributed by atoms with van der Waals surface area (Å²) < 4.78 is 33.4. The largest absolute Gasteiger partial charge is 0.403 e. The van der Waals surface area contributed by atoms with Gasteiger partial charge in [0.15, 0.2) is 0 Å². The Kier molecular flexibility index (Phi) is 6.42. The molecule has 8 nitrogen and oxygen atoms in total. The molecule has 0 atom stereocenters. The number of carbonyl (C=O) groups is 1. The molecule has 0 saturated carbocycles. The Labute approximate surface area is 207 Å². The van der Waals surface area contributed by atoms with Crippen molar-refractivity contribution in [3.8, 4) is 11.5 Å². The molecule has 1 aliphatic rings. The second-order valence-electron chi connectivity index (χ2n) is 7.95. The van der Waals surface area contributed by atoms with Crippen LogP contribution in [0.5, 0.6) is 0 Å². The predicted molar refractivity (Wildman–Crippen MR) is 134 cm³/mol. The molecule has 5 rings (SSSR count). The second-order valence-corrected chi connectivity index (χ2v) is 10.7. The van der Waals surface area contributed by atoms with Crippen LogP contribution in [0.15, 0.2) is 87.0 Å². The Balaban J connectivity index is 1.29. The lowest BCUT2D eigenvalue weighted by molar-refractivity contribution is 0.102. The second kappa shape index (κ2) is 9.65. The standard InChI is InChI=1S/C25H22N4O4S2/c1-34-22-9-5-4-8-21(22)24-27-28-25(33-24)26-23(30)18-10-12-20(13-11-18)35(31,32)29-15-14-17-6-2-3-7-19(17)16-29/h2-13H,14-16H2,1H3,(H,26,28,30). The first-order valence-corrected chi connectivity index (χ1v) is 13.6. The van der Waals surface area contributed by atoms with Crippen molar-refractivity contribution in [1.82, 2.24) is 14.5 Å². The third kappa shape index (κ3) is 4.72. The van der Waals surface area contributed by atoms with Crippen LogP contribution in [0.3, 0.4) is 0 Å². The molecule has 0 radical (unpaired) electrons. The molecular formula is C25H22N4O4S2. The number of rotatable bonds is 6. The maximum atomic E-state index is 13.1. The molecule has 0 aliphatic carbocycles. The fraction of sp³-hybridized carbons (Fsp3) is 0.160. The molecule has 1 amide bonds. The third-order valence-electron chi connectivity index (χ3n) is 5.83. The van der Waals surface area contributed by atoms with Gasteiger partial charge < -0.3 is 4.42 Å². The van der Waals surface area contributed by atoms with Gasteiger partial charge in [-0.25, -0.2) is 8.42 Å². The zero-order chi connectivity index (χ0) is 24.4. The molecule has 4 aromatic rings. The first-order chi connectivity index (χ1) is 17.0. The molecule has 1 aliphatic heterocycles. The smallest absolute Gasteiger partial charge is 0.322 e. The number of thioether (sulfide) groups is 1. The highest BCUT2D eigenvalue weighted by Gasteiger charge is 2.28. The monoisotopic (exact) mass is 506 g/mol. The van der Waals surface area contributed by atoms with Gasteiger partial charge in [-0.1, -0.05) is 41.5 Å². The SMILES string of the molecule is CSc1ccccc1-c1nnc(NC(=O)c2ccc(S(=O)(=O)N3CCc4ccccc4C3)cc2)o1. The quantitative estimate of drug-likeness (QED) is 0.385. The highest BCUT2D eigenvalue weighted by molar-refractivity contribution is 7.98. The van der Waals surface area contributed by atoms with Crippen LogP contribution in [0, 0.1) is 0 Å². The van der Waals surface area contributed by atoms with E-state index in [9.17, 15) is 13.2 Å². The molecule has 0 unspecified atom stereocenters. The van der Waals surface area contributed by atoms with Crippen molar-refractivity contribution in [2.75, 3.05) is 18.1 Å². The van der Waals surface area contributed by atoms with Crippen LogP contribution >= 0.6 is 11.8 Å². The normalized spacial score (nSPS) is 13.9. The molecule has 0 saturated heterocycles. The van der Waals surface area contributed by atoms with E-state index in [1.54, 1.807) is 11.8 Å². The van der Waals surface area contributed by atoms with E-state index < -0.39 is 15.9 Å². The number of fused-ring (bicyclic) bond motifs is 1. The van der Waals surface area contributed by atoms with Gasteiger partial charge in [0.2, 0.25) is 10.0 Å². The molecule has 3 aromatic carbocycles. The fourth-order valence-electron chi connectivity index (χ4n) is 3.98. The summed E-state index contributed by atoms with van der Waals surface area (Å²) in [5.74, 6) is -0.177. The Morgan fingerprint density at radius 2 is 1.69 bits per heavy atom. The van der Waals surface area contributed by atoms with Gasteiger partial charge in [0.25, 0.3) is 11.8 Å². The number of carbonyl (C=O) groups excluding carboxylic acids is 1. The van der Waals surface area contributed by atoms with Crippen LogP contribution in [0.25, 0.3) is 11.5 Å². The Bertz CT molecular complexity index is 1480. The van der Waals surface area contributed by atoms with E-state index >= 15 is 0 Å². The molecule has 10 heteroatoms. The summed E-state index contributed by atoms with van der Waals surface area (Å²) in [4.78, 5) is 13.8. The van der Waals surface area contributed by atoms with Crippen molar-refractivity contribution in [1.29, 1.82) is 0 Å².